The smallest absolute Gasteiger partial charge is 0.260 e. The van der Waals surface area contributed by atoms with E-state index in [1.165, 1.54) is 29.2 Å². The zero-order chi connectivity index (χ0) is 25.4. The van der Waals surface area contributed by atoms with E-state index in [0.29, 0.717) is 43.2 Å². The Balaban J connectivity index is 1.66. The number of likely N-dealkylation sites (tertiary alicyclic amines) is 1. The Morgan fingerprint density at radius 2 is 1.74 bits per heavy atom. The van der Waals surface area contributed by atoms with Gasteiger partial charge in [-0.15, -0.1) is 0 Å². The van der Waals surface area contributed by atoms with Gasteiger partial charge in [-0.3, -0.25) is 24.2 Å². The number of imide groups is 1. The van der Waals surface area contributed by atoms with Gasteiger partial charge in [-0.2, -0.15) is 0 Å². The molecule has 3 amide bonds. The van der Waals surface area contributed by atoms with Gasteiger partial charge >= 0.3 is 0 Å². The fraction of sp³-hybridized carbons (Fsp3) is 0.423. The van der Waals surface area contributed by atoms with Gasteiger partial charge in [0.05, 0.1) is 25.8 Å². The molecule has 9 heteroatoms. The number of benzene rings is 2. The molecule has 0 aromatic heterocycles. The minimum absolute atomic E-state index is 0.0356. The zero-order valence-electron chi connectivity index (χ0n) is 20.4. The third-order valence-corrected chi connectivity index (χ3v) is 5.75. The second kappa shape index (κ2) is 12.3. The summed E-state index contributed by atoms with van der Waals surface area (Å²) in [4.78, 5) is 41.8. The number of halogens is 1. The molecule has 0 unspecified atom stereocenters. The molecule has 8 nitrogen and oxygen atoms in total. The minimum atomic E-state index is -0.619. The van der Waals surface area contributed by atoms with Crippen LogP contribution in [0.3, 0.4) is 0 Å². The second-order valence-corrected chi connectivity index (χ2v) is 8.30. The van der Waals surface area contributed by atoms with Gasteiger partial charge in [-0.05, 0) is 76.6 Å². The van der Waals surface area contributed by atoms with Crippen molar-refractivity contribution in [3.8, 4) is 11.5 Å². The highest BCUT2D eigenvalue weighted by molar-refractivity contribution is 6.06. The van der Waals surface area contributed by atoms with Gasteiger partial charge in [0, 0.05) is 23.9 Å². The van der Waals surface area contributed by atoms with Crippen LogP contribution in [0.5, 0.6) is 11.5 Å². The molecule has 0 aliphatic carbocycles. The van der Waals surface area contributed by atoms with Crippen molar-refractivity contribution in [2.45, 2.75) is 39.2 Å². The van der Waals surface area contributed by atoms with Crippen LogP contribution in [0.1, 0.15) is 43.5 Å². The van der Waals surface area contributed by atoms with E-state index in [0.717, 1.165) is 6.42 Å². The number of hydrogen-bond donors (Lipinski definition) is 1. The molecule has 0 radical (unpaired) electrons. The lowest BCUT2D eigenvalue weighted by atomic mass is 10.1. The van der Waals surface area contributed by atoms with E-state index >= 15 is 0 Å². The Morgan fingerprint density at radius 3 is 2.43 bits per heavy atom. The van der Waals surface area contributed by atoms with Crippen LogP contribution in [0.15, 0.2) is 42.5 Å². The first-order chi connectivity index (χ1) is 16.8. The average molecular weight is 486 g/mol. The van der Waals surface area contributed by atoms with Crippen LogP contribution in [0.4, 0.5) is 10.1 Å². The fourth-order valence-corrected chi connectivity index (χ4v) is 4.05. The summed E-state index contributed by atoms with van der Waals surface area (Å²) in [5.41, 5.74) is 0.803. The van der Waals surface area contributed by atoms with Gasteiger partial charge in [0.15, 0.2) is 11.5 Å². The number of carbonyl (C=O) groups is 3. The maximum Gasteiger partial charge on any atom is 0.260 e. The minimum Gasteiger partial charge on any atom is -0.490 e. The monoisotopic (exact) mass is 485 g/mol. The third kappa shape index (κ3) is 6.79. The molecule has 1 heterocycles. The molecule has 1 atom stereocenters. The van der Waals surface area contributed by atoms with Crippen LogP contribution >= 0.6 is 0 Å². The summed E-state index contributed by atoms with van der Waals surface area (Å²) < 4.78 is 24.4. The SMILES string of the molecule is CCOc1ccc(NC(=O)CN(C)[C@@H]2CCCCN(C(=O)c3ccc(F)cc3)C2=O)cc1OCC. The number of likely N-dealkylation sites (N-methyl/N-ethyl adjacent to an activating group) is 1. The Kier molecular flexibility index (Phi) is 9.19. The maximum atomic E-state index is 13.3. The van der Waals surface area contributed by atoms with Crippen molar-refractivity contribution in [1.82, 2.24) is 9.80 Å². The molecular weight excluding hydrogens is 453 g/mol. The van der Waals surface area contributed by atoms with Gasteiger partial charge in [0.1, 0.15) is 5.82 Å². The highest BCUT2D eigenvalue weighted by Gasteiger charge is 2.34. The highest BCUT2D eigenvalue weighted by atomic mass is 19.1. The quantitative estimate of drug-likeness (QED) is 0.545. The summed E-state index contributed by atoms with van der Waals surface area (Å²) in [6.45, 7) is 4.95. The average Bonchev–Trinajstić information content (AvgIpc) is 3.02. The molecule has 2 aromatic carbocycles. The number of nitrogens with zero attached hydrogens (tertiary/aromatic N) is 2. The van der Waals surface area contributed by atoms with Crippen LogP contribution < -0.4 is 14.8 Å². The molecule has 35 heavy (non-hydrogen) atoms. The van der Waals surface area contributed by atoms with E-state index in [9.17, 15) is 18.8 Å². The Hall–Kier alpha value is -3.46. The molecule has 0 saturated carbocycles. The molecule has 1 saturated heterocycles. The number of anilines is 1. The first-order valence-corrected chi connectivity index (χ1v) is 11.8. The Labute approximate surface area is 205 Å². The molecule has 2 aromatic rings. The number of carbonyl (C=O) groups excluding carboxylic acids is 3. The summed E-state index contributed by atoms with van der Waals surface area (Å²) in [5.74, 6) is -0.431. The second-order valence-electron chi connectivity index (χ2n) is 8.30. The maximum absolute atomic E-state index is 13.3. The van der Waals surface area contributed by atoms with Gasteiger partial charge < -0.3 is 14.8 Å². The van der Waals surface area contributed by atoms with Crippen LogP contribution in [0, 0.1) is 5.82 Å². The molecule has 1 N–H and O–H groups in total. The largest absolute Gasteiger partial charge is 0.490 e. The van der Waals surface area contributed by atoms with Crippen molar-refractivity contribution in [1.29, 1.82) is 0 Å². The number of rotatable bonds is 9. The third-order valence-electron chi connectivity index (χ3n) is 5.75. The van der Waals surface area contributed by atoms with Crippen LogP contribution in [0.25, 0.3) is 0 Å². The predicted molar refractivity (Wildman–Crippen MR) is 130 cm³/mol. The lowest BCUT2D eigenvalue weighted by molar-refractivity contribution is -0.133. The van der Waals surface area contributed by atoms with Gasteiger partial charge in [-0.1, -0.05) is 0 Å². The van der Waals surface area contributed by atoms with E-state index in [1.807, 2.05) is 13.8 Å². The standard InChI is InChI=1S/C26H32FN3O5/c1-4-34-22-14-13-20(16-23(22)35-5-2)28-24(31)17-29(3)21-8-6-7-15-30(26(21)33)25(32)18-9-11-19(27)12-10-18/h9-14,16,21H,4-8,15,17H2,1-3H3,(H,28,31)/t21-/m1/s1. The lowest BCUT2D eigenvalue weighted by Crippen LogP contribution is -2.50. The zero-order valence-corrected chi connectivity index (χ0v) is 20.4. The van der Waals surface area contributed by atoms with Gasteiger partial charge in [-0.25, -0.2) is 4.39 Å². The number of amides is 3. The summed E-state index contributed by atoms with van der Waals surface area (Å²) in [6, 6.07) is 9.68. The van der Waals surface area contributed by atoms with Gasteiger partial charge in [0.25, 0.3) is 5.91 Å². The molecule has 0 spiro atoms. The normalized spacial score (nSPS) is 16.1. The van der Waals surface area contributed by atoms with Crippen LogP contribution in [-0.2, 0) is 9.59 Å². The number of nitrogens with one attached hydrogen (secondary N) is 1. The summed E-state index contributed by atoms with van der Waals surface area (Å²) in [6.07, 6.45) is 1.95. The highest BCUT2D eigenvalue weighted by Crippen LogP contribution is 2.30. The molecule has 1 fully saturated rings. The molecule has 1 aliphatic rings. The molecule has 188 valence electrons. The van der Waals surface area contributed by atoms with E-state index in [-0.39, 0.29) is 30.5 Å². The van der Waals surface area contributed by atoms with Crippen LogP contribution in [0.2, 0.25) is 0 Å². The van der Waals surface area contributed by atoms with Crippen molar-refractivity contribution >= 4 is 23.4 Å². The van der Waals surface area contributed by atoms with E-state index < -0.39 is 17.8 Å². The lowest BCUT2D eigenvalue weighted by Gasteiger charge is -2.29. The topological polar surface area (TPSA) is 88.2 Å². The molecular formula is C26H32FN3O5. The summed E-state index contributed by atoms with van der Waals surface area (Å²) in [7, 11) is 1.69. The van der Waals surface area contributed by atoms with Crippen molar-refractivity contribution in [3.63, 3.8) is 0 Å². The van der Waals surface area contributed by atoms with Crippen LogP contribution in [-0.4, -0.2) is 66.9 Å². The van der Waals surface area contributed by atoms with E-state index in [1.54, 1.807) is 30.1 Å². The summed E-state index contributed by atoms with van der Waals surface area (Å²) >= 11 is 0. The first-order valence-electron chi connectivity index (χ1n) is 11.8. The molecule has 1 aliphatic heterocycles. The number of ether oxygens (including phenoxy) is 2. The summed E-state index contributed by atoms with van der Waals surface area (Å²) in [5, 5.41) is 2.83. The van der Waals surface area contributed by atoms with E-state index in [2.05, 4.69) is 5.32 Å². The first kappa shape index (κ1) is 26.2. The molecule has 0 bridgehead atoms. The van der Waals surface area contributed by atoms with Crippen molar-refractivity contribution in [2.75, 3.05) is 38.7 Å². The molecule has 3 rings (SSSR count). The van der Waals surface area contributed by atoms with Crippen molar-refractivity contribution in [2.24, 2.45) is 0 Å². The van der Waals surface area contributed by atoms with Gasteiger partial charge in [0.2, 0.25) is 11.8 Å². The van der Waals surface area contributed by atoms with Crippen molar-refractivity contribution < 1.29 is 28.2 Å². The fourth-order valence-electron chi connectivity index (χ4n) is 4.05. The van der Waals surface area contributed by atoms with Crippen molar-refractivity contribution in [3.05, 3.63) is 53.8 Å². The Bertz CT molecular complexity index is 1040. The number of hydrogen-bond acceptors (Lipinski definition) is 6. The van der Waals surface area contributed by atoms with E-state index in [4.69, 9.17) is 9.47 Å². The Morgan fingerprint density at radius 1 is 1.06 bits per heavy atom. The predicted octanol–water partition coefficient (Wildman–Crippen LogP) is 3.71.